The molecule has 130 valence electrons. The lowest BCUT2D eigenvalue weighted by molar-refractivity contribution is 0.650. The lowest BCUT2D eigenvalue weighted by Gasteiger charge is -2.09. The van der Waals surface area contributed by atoms with Crippen LogP contribution in [-0.2, 0) is 6.54 Å². The molecule has 0 aliphatic carbocycles. The summed E-state index contributed by atoms with van der Waals surface area (Å²) in [4.78, 5) is 17.3. The van der Waals surface area contributed by atoms with Gasteiger partial charge in [-0.3, -0.25) is 4.79 Å². The van der Waals surface area contributed by atoms with Crippen LogP contribution >= 0.6 is 22.9 Å². The van der Waals surface area contributed by atoms with Crippen LogP contribution in [0.25, 0.3) is 21.5 Å². The van der Waals surface area contributed by atoms with Crippen LogP contribution in [0.3, 0.4) is 0 Å². The van der Waals surface area contributed by atoms with Gasteiger partial charge in [0.25, 0.3) is 5.56 Å². The summed E-state index contributed by atoms with van der Waals surface area (Å²) in [6.07, 6.45) is 0. The van der Waals surface area contributed by atoms with E-state index in [1.165, 1.54) is 21.6 Å². The molecule has 4 rings (SSSR count). The molecule has 0 saturated heterocycles. The smallest absolute Gasteiger partial charge is 0.265 e. The Morgan fingerprint density at radius 1 is 1.04 bits per heavy atom. The lowest BCUT2D eigenvalue weighted by Crippen LogP contribution is -2.24. The second kappa shape index (κ2) is 6.67. The number of nitrogens with zero attached hydrogens (tertiary/aromatic N) is 3. The van der Waals surface area contributed by atoms with E-state index in [0.717, 1.165) is 26.5 Å². The Kier molecular flexibility index (Phi) is 4.34. The number of hydrogen-bond acceptors (Lipinski definition) is 4. The molecule has 0 atom stereocenters. The van der Waals surface area contributed by atoms with Gasteiger partial charge in [0.15, 0.2) is 5.52 Å². The summed E-state index contributed by atoms with van der Waals surface area (Å²) < 4.78 is 2.32. The first-order valence-corrected chi connectivity index (χ1v) is 9.40. The zero-order chi connectivity index (χ0) is 18.3. The molecular weight excluding hydrogens is 366 g/mol. The molecule has 4 nitrogen and oxygen atoms in total. The maximum Gasteiger partial charge on any atom is 0.294 e. The van der Waals surface area contributed by atoms with Crippen LogP contribution in [0.15, 0.2) is 53.3 Å². The van der Waals surface area contributed by atoms with E-state index < -0.39 is 0 Å². The Morgan fingerprint density at radius 2 is 1.73 bits per heavy atom. The highest BCUT2D eigenvalue weighted by molar-refractivity contribution is 7.19. The fourth-order valence-electron chi connectivity index (χ4n) is 2.84. The molecule has 0 bridgehead atoms. The second-order valence-electron chi connectivity index (χ2n) is 6.21. The van der Waals surface area contributed by atoms with E-state index in [-0.39, 0.29) is 5.56 Å². The molecule has 6 heteroatoms. The SMILES string of the molecule is Cc1ccc(-c2nn(Cc3ccc(Cl)cc3)c(=O)c3nc(C)sc23)cc1. The molecule has 26 heavy (non-hydrogen) atoms. The van der Waals surface area contributed by atoms with E-state index in [1.54, 1.807) is 0 Å². The fourth-order valence-corrected chi connectivity index (χ4v) is 3.88. The van der Waals surface area contributed by atoms with Crippen LogP contribution in [0.1, 0.15) is 16.1 Å². The number of halogens is 1. The van der Waals surface area contributed by atoms with E-state index in [9.17, 15) is 4.79 Å². The first-order chi connectivity index (χ1) is 12.5. The molecule has 0 saturated carbocycles. The summed E-state index contributed by atoms with van der Waals surface area (Å²) in [5, 5.41) is 6.20. The number of thiazole rings is 1. The van der Waals surface area contributed by atoms with Crippen LogP contribution in [-0.4, -0.2) is 14.8 Å². The number of aromatic nitrogens is 3. The third-order valence-corrected chi connectivity index (χ3v) is 5.41. The first kappa shape index (κ1) is 16.9. The van der Waals surface area contributed by atoms with Gasteiger partial charge < -0.3 is 0 Å². The number of hydrogen-bond donors (Lipinski definition) is 0. The molecule has 2 aromatic heterocycles. The highest BCUT2D eigenvalue weighted by Crippen LogP contribution is 2.29. The number of aryl methyl sites for hydroxylation is 2. The van der Waals surface area contributed by atoms with Gasteiger partial charge in [0.2, 0.25) is 0 Å². The lowest BCUT2D eigenvalue weighted by atomic mass is 10.1. The van der Waals surface area contributed by atoms with Crippen molar-refractivity contribution in [3.05, 3.63) is 80.0 Å². The topological polar surface area (TPSA) is 47.8 Å². The maximum absolute atomic E-state index is 12.9. The number of rotatable bonds is 3. The summed E-state index contributed by atoms with van der Waals surface area (Å²) >= 11 is 7.46. The average Bonchev–Trinajstić information content (AvgIpc) is 3.02. The molecule has 0 spiro atoms. The molecule has 0 aliphatic heterocycles. The minimum Gasteiger partial charge on any atom is -0.265 e. The summed E-state index contributed by atoms with van der Waals surface area (Å²) in [6.45, 7) is 4.33. The predicted octanol–water partition coefficient (Wildman–Crippen LogP) is 4.84. The van der Waals surface area contributed by atoms with Gasteiger partial charge in [0.1, 0.15) is 5.69 Å². The molecule has 4 aromatic rings. The van der Waals surface area contributed by atoms with Crippen molar-refractivity contribution in [3.8, 4) is 11.3 Å². The van der Waals surface area contributed by atoms with Gasteiger partial charge in [-0.1, -0.05) is 53.6 Å². The van der Waals surface area contributed by atoms with E-state index in [0.29, 0.717) is 17.1 Å². The third kappa shape index (κ3) is 3.16. The van der Waals surface area contributed by atoms with Gasteiger partial charge in [-0.25, -0.2) is 9.67 Å². The highest BCUT2D eigenvalue weighted by Gasteiger charge is 2.16. The van der Waals surface area contributed by atoms with E-state index in [1.807, 2.05) is 62.4 Å². The Bertz CT molecular complexity index is 1140. The molecule has 2 aromatic carbocycles. The molecule has 0 amide bonds. The van der Waals surface area contributed by atoms with E-state index >= 15 is 0 Å². The minimum absolute atomic E-state index is 0.171. The second-order valence-corrected chi connectivity index (χ2v) is 7.85. The highest BCUT2D eigenvalue weighted by atomic mass is 35.5. The van der Waals surface area contributed by atoms with Gasteiger partial charge in [-0.2, -0.15) is 5.10 Å². The average molecular weight is 382 g/mol. The van der Waals surface area contributed by atoms with Crippen molar-refractivity contribution < 1.29 is 0 Å². The Hall–Kier alpha value is -2.50. The number of fused-ring (bicyclic) bond motifs is 1. The van der Waals surface area contributed by atoms with E-state index in [2.05, 4.69) is 10.1 Å². The Morgan fingerprint density at radius 3 is 2.42 bits per heavy atom. The zero-order valence-electron chi connectivity index (χ0n) is 14.4. The fraction of sp³-hybridized carbons (Fsp3) is 0.150. The standard InChI is InChI=1S/C20H16ClN3OS/c1-12-3-7-15(8-4-12)17-19-18(22-13(2)26-19)20(25)24(23-17)11-14-5-9-16(21)10-6-14/h3-10H,11H2,1-2H3. The van der Waals surface area contributed by atoms with Crippen LogP contribution in [0.4, 0.5) is 0 Å². The normalized spacial score (nSPS) is 11.2. The van der Waals surface area contributed by atoms with Crippen molar-refractivity contribution in [1.29, 1.82) is 0 Å². The van der Waals surface area contributed by atoms with Crippen molar-refractivity contribution in [2.45, 2.75) is 20.4 Å². The largest absolute Gasteiger partial charge is 0.294 e. The van der Waals surface area contributed by atoms with E-state index in [4.69, 9.17) is 11.6 Å². The maximum atomic E-state index is 12.9. The van der Waals surface area contributed by atoms with Gasteiger partial charge in [-0.15, -0.1) is 11.3 Å². The molecule has 0 unspecified atom stereocenters. The molecule has 0 aliphatic rings. The van der Waals surface area contributed by atoms with Gasteiger partial charge in [0, 0.05) is 10.6 Å². The minimum atomic E-state index is -0.171. The summed E-state index contributed by atoms with van der Waals surface area (Å²) in [6, 6.07) is 15.6. The van der Waals surface area contributed by atoms with Crippen molar-refractivity contribution in [2.24, 2.45) is 0 Å². The monoisotopic (exact) mass is 381 g/mol. The van der Waals surface area contributed by atoms with Crippen molar-refractivity contribution >= 4 is 33.2 Å². The van der Waals surface area contributed by atoms with Crippen LogP contribution in [0, 0.1) is 13.8 Å². The number of benzene rings is 2. The molecule has 2 heterocycles. The molecule has 0 radical (unpaired) electrons. The van der Waals surface area contributed by atoms with Crippen molar-refractivity contribution in [2.75, 3.05) is 0 Å². The first-order valence-electron chi connectivity index (χ1n) is 8.21. The Balaban J connectivity index is 1.90. The van der Waals surface area contributed by atoms with Crippen LogP contribution < -0.4 is 5.56 Å². The van der Waals surface area contributed by atoms with Crippen molar-refractivity contribution in [3.63, 3.8) is 0 Å². The summed E-state index contributed by atoms with van der Waals surface area (Å²) in [5.41, 5.74) is 4.22. The molecule has 0 N–H and O–H groups in total. The molecule has 0 fully saturated rings. The van der Waals surface area contributed by atoms with Crippen LogP contribution in [0.2, 0.25) is 5.02 Å². The molecular formula is C20H16ClN3OS. The summed E-state index contributed by atoms with van der Waals surface area (Å²) in [5.74, 6) is 0. The Labute approximate surface area is 159 Å². The third-order valence-electron chi connectivity index (χ3n) is 4.18. The van der Waals surface area contributed by atoms with Gasteiger partial charge in [-0.05, 0) is 31.5 Å². The quantitative estimate of drug-likeness (QED) is 0.510. The van der Waals surface area contributed by atoms with Gasteiger partial charge >= 0.3 is 0 Å². The van der Waals surface area contributed by atoms with Gasteiger partial charge in [0.05, 0.1) is 16.3 Å². The van der Waals surface area contributed by atoms with Crippen molar-refractivity contribution in [1.82, 2.24) is 14.8 Å². The predicted molar refractivity (Wildman–Crippen MR) is 107 cm³/mol. The zero-order valence-corrected chi connectivity index (χ0v) is 15.9. The summed E-state index contributed by atoms with van der Waals surface area (Å²) in [7, 11) is 0. The van der Waals surface area contributed by atoms with Crippen LogP contribution in [0.5, 0.6) is 0 Å².